The molecule has 4 heteroatoms. The Morgan fingerprint density at radius 1 is 1.29 bits per heavy atom. The number of likely N-dealkylation sites (tertiary alicyclic amines) is 1. The van der Waals surface area contributed by atoms with Crippen molar-refractivity contribution in [3.05, 3.63) is 29.6 Å². The standard InChI is InChI=1S/C17H27FN2O/c1-13(12-20-9-4-5-10-20)11-19-14(2)17-15(18)7-6-8-16(17)21-3/h6-8,13-14,19H,4-5,9-12H2,1-3H3. The first-order chi connectivity index (χ1) is 10.1. The van der Waals surface area contributed by atoms with Crippen LogP contribution in [0.3, 0.4) is 0 Å². The van der Waals surface area contributed by atoms with E-state index in [0.717, 1.165) is 13.1 Å². The molecule has 0 saturated carbocycles. The van der Waals surface area contributed by atoms with E-state index in [4.69, 9.17) is 4.74 Å². The molecule has 1 fully saturated rings. The zero-order valence-corrected chi connectivity index (χ0v) is 13.4. The van der Waals surface area contributed by atoms with E-state index in [1.807, 2.05) is 13.0 Å². The molecule has 118 valence electrons. The Hall–Kier alpha value is -1.13. The van der Waals surface area contributed by atoms with Crippen LogP contribution in [0.5, 0.6) is 5.75 Å². The lowest BCUT2D eigenvalue weighted by atomic mass is 10.0. The average Bonchev–Trinajstić information content (AvgIpc) is 2.97. The molecular weight excluding hydrogens is 267 g/mol. The first-order valence-corrected chi connectivity index (χ1v) is 7.90. The molecule has 3 nitrogen and oxygen atoms in total. The van der Waals surface area contributed by atoms with E-state index < -0.39 is 0 Å². The first-order valence-electron chi connectivity index (χ1n) is 7.90. The minimum atomic E-state index is -0.207. The van der Waals surface area contributed by atoms with Crippen molar-refractivity contribution in [1.29, 1.82) is 0 Å². The molecular formula is C17H27FN2O. The SMILES string of the molecule is COc1cccc(F)c1C(C)NCC(C)CN1CCCC1. The second kappa shape index (κ2) is 7.76. The summed E-state index contributed by atoms with van der Waals surface area (Å²) in [6, 6.07) is 4.93. The lowest BCUT2D eigenvalue weighted by molar-refractivity contribution is 0.278. The van der Waals surface area contributed by atoms with Gasteiger partial charge in [0, 0.05) is 18.2 Å². The summed E-state index contributed by atoms with van der Waals surface area (Å²) in [6.07, 6.45) is 2.64. The molecule has 2 unspecified atom stereocenters. The largest absolute Gasteiger partial charge is 0.496 e. The minimum Gasteiger partial charge on any atom is -0.496 e. The summed E-state index contributed by atoms with van der Waals surface area (Å²) in [5.41, 5.74) is 0.619. The molecule has 1 N–H and O–H groups in total. The maximum Gasteiger partial charge on any atom is 0.131 e. The first kappa shape index (κ1) is 16.2. The van der Waals surface area contributed by atoms with Crippen LogP contribution in [0.4, 0.5) is 4.39 Å². The lowest BCUT2D eigenvalue weighted by Crippen LogP contribution is -2.33. The van der Waals surface area contributed by atoms with Crippen molar-refractivity contribution in [3.8, 4) is 5.75 Å². The Balaban J connectivity index is 1.87. The minimum absolute atomic E-state index is 0.0535. The predicted molar refractivity (Wildman–Crippen MR) is 84.2 cm³/mol. The number of halogens is 1. The van der Waals surface area contributed by atoms with Gasteiger partial charge in [0.1, 0.15) is 11.6 Å². The van der Waals surface area contributed by atoms with Gasteiger partial charge in [-0.15, -0.1) is 0 Å². The topological polar surface area (TPSA) is 24.5 Å². The highest BCUT2D eigenvalue weighted by Gasteiger charge is 2.18. The molecule has 21 heavy (non-hydrogen) atoms. The molecule has 1 aliphatic rings. The summed E-state index contributed by atoms with van der Waals surface area (Å²) < 4.78 is 19.3. The predicted octanol–water partition coefficient (Wildman–Crippen LogP) is 3.22. The van der Waals surface area contributed by atoms with Gasteiger partial charge in [0.2, 0.25) is 0 Å². The molecule has 0 amide bonds. The number of benzene rings is 1. The van der Waals surface area contributed by atoms with Crippen molar-refractivity contribution in [2.45, 2.75) is 32.7 Å². The Morgan fingerprint density at radius 2 is 2.00 bits per heavy atom. The van der Waals surface area contributed by atoms with Crippen LogP contribution in [0.1, 0.15) is 38.3 Å². The van der Waals surface area contributed by atoms with Gasteiger partial charge in [-0.25, -0.2) is 4.39 Å². The third-order valence-corrected chi connectivity index (χ3v) is 4.21. The number of nitrogens with zero attached hydrogens (tertiary/aromatic N) is 1. The summed E-state index contributed by atoms with van der Waals surface area (Å²) in [5.74, 6) is 0.965. The highest BCUT2D eigenvalue weighted by atomic mass is 19.1. The molecule has 1 aromatic carbocycles. The van der Waals surface area contributed by atoms with Crippen LogP contribution < -0.4 is 10.1 Å². The van der Waals surface area contributed by atoms with Gasteiger partial charge in [0.25, 0.3) is 0 Å². The van der Waals surface area contributed by atoms with E-state index in [0.29, 0.717) is 17.2 Å². The maximum atomic E-state index is 14.0. The summed E-state index contributed by atoms with van der Waals surface area (Å²) in [7, 11) is 1.58. The summed E-state index contributed by atoms with van der Waals surface area (Å²) in [6.45, 7) is 8.69. The fraction of sp³-hybridized carbons (Fsp3) is 0.647. The van der Waals surface area contributed by atoms with Crippen molar-refractivity contribution in [2.75, 3.05) is 33.3 Å². The Bertz CT molecular complexity index is 446. The van der Waals surface area contributed by atoms with Gasteiger partial charge >= 0.3 is 0 Å². The van der Waals surface area contributed by atoms with E-state index in [1.165, 1.54) is 32.0 Å². The second-order valence-corrected chi connectivity index (χ2v) is 6.10. The zero-order chi connectivity index (χ0) is 15.2. The van der Waals surface area contributed by atoms with Gasteiger partial charge in [-0.3, -0.25) is 0 Å². The average molecular weight is 294 g/mol. The fourth-order valence-electron chi connectivity index (χ4n) is 3.07. The molecule has 2 rings (SSSR count). The van der Waals surface area contributed by atoms with E-state index in [9.17, 15) is 4.39 Å². The Morgan fingerprint density at radius 3 is 2.67 bits per heavy atom. The van der Waals surface area contributed by atoms with Crippen LogP contribution >= 0.6 is 0 Å². The molecule has 2 atom stereocenters. The van der Waals surface area contributed by atoms with E-state index in [1.54, 1.807) is 13.2 Å². The molecule has 0 spiro atoms. The van der Waals surface area contributed by atoms with Crippen LogP contribution in [0.25, 0.3) is 0 Å². The normalized spacial score (nSPS) is 18.7. The van der Waals surface area contributed by atoms with Crippen molar-refractivity contribution < 1.29 is 9.13 Å². The molecule has 1 saturated heterocycles. The monoisotopic (exact) mass is 294 g/mol. The van der Waals surface area contributed by atoms with Gasteiger partial charge < -0.3 is 15.0 Å². The Labute approximate surface area is 127 Å². The maximum absolute atomic E-state index is 14.0. The lowest BCUT2D eigenvalue weighted by Gasteiger charge is -2.23. The number of nitrogens with one attached hydrogen (secondary N) is 1. The van der Waals surface area contributed by atoms with Crippen molar-refractivity contribution >= 4 is 0 Å². The van der Waals surface area contributed by atoms with Crippen LogP contribution in [0.2, 0.25) is 0 Å². The molecule has 0 aromatic heterocycles. The number of ether oxygens (including phenoxy) is 1. The second-order valence-electron chi connectivity index (χ2n) is 6.10. The summed E-state index contributed by atoms with van der Waals surface area (Å²) >= 11 is 0. The molecule has 1 heterocycles. The van der Waals surface area contributed by atoms with Crippen LogP contribution in [-0.2, 0) is 0 Å². The zero-order valence-electron chi connectivity index (χ0n) is 13.4. The number of hydrogen-bond donors (Lipinski definition) is 1. The van der Waals surface area contributed by atoms with Crippen LogP contribution in [-0.4, -0.2) is 38.2 Å². The van der Waals surface area contributed by atoms with Crippen molar-refractivity contribution in [3.63, 3.8) is 0 Å². The smallest absolute Gasteiger partial charge is 0.131 e. The summed E-state index contributed by atoms with van der Waals surface area (Å²) in [4.78, 5) is 2.51. The van der Waals surface area contributed by atoms with Crippen LogP contribution in [0, 0.1) is 11.7 Å². The number of hydrogen-bond acceptors (Lipinski definition) is 3. The highest BCUT2D eigenvalue weighted by molar-refractivity contribution is 5.36. The van der Waals surface area contributed by atoms with Gasteiger partial charge in [-0.2, -0.15) is 0 Å². The Kier molecular flexibility index (Phi) is 6.00. The summed E-state index contributed by atoms with van der Waals surface area (Å²) in [5, 5.41) is 3.44. The third-order valence-electron chi connectivity index (χ3n) is 4.21. The molecule has 1 aromatic rings. The fourth-order valence-corrected chi connectivity index (χ4v) is 3.07. The quantitative estimate of drug-likeness (QED) is 0.835. The molecule has 0 bridgehead atoms. The highest BCUT2D eigenvalue weighted by Crippen LogP contribution is 2.27. The number of rotatable bonds is 7. The van der Waals surface area contributed by atoms with Crippen LogP contribution in [0.15, 0.2) is 18.2 Å². The van der Waals surface area contributed by atoms with E-state index >= 15 is 0 Å². The molecule has 0 aliphatic carbocycles. The molecule has 1 aliphatic heterocycles. The van der Waals surface area contributed by atoms with Crippen molar-refractivity contribution in [1.82, 2.24) is 10.2 Å². The van der Waals surface area contributed by atoms with Gasteiger partial charge in [-0.1, -0.05) is 13.0 Å². The third kappa shape index (κ3) is 4.42. The van der Waals surface area contributed by atoms with E-state index in [-0.39, 0.29) is 11.9 Å². The number of methoxy groups -OCH3 is 1. The van der Waals surface area contributed by atoms with Gasteiger partial charge in [0.15, 0.2) is 0 Å². The van der Waals surface area contributed by atoms with Gasteiger partial charge in [-0.05, 0) is 57.5 Å². The van der Waals surface area contributed by atoms with Crippen molar-refractivity contribution in [2.24, 2.45) is 5.92 Å². The van der Waals surface area contributed by atoms with E-state index in [2.05, 4.69) is 17.1 Å². The molecule has 0 radical (unpaired) electrons. The van der Waals surface area contributed by atoms with Gasteiger partial charge in [0.05, 0.1) is 7.11 Å².